The second-order valence-corrected chi connectivity index (χ2v) is 4.07. The van der Waals surface area contributed by atoms with Crippen LogP contribution in [0, 0.1) is 0 Å². The molecular weight excluding hydrogens is 246 g/mol. The summed E-state index contributed by atoms with van der Waals surface area (Å²) in [6.45, 7) is 2.55. The Morgan fingerprint density at radius 2 is 2.26 bits per heavy atom. The van der Waals surface area contributed by atoms with Crippen LogP contribution in [0.4, 0.5) is 5.69 Å². The number of carbonyl (C=O) groups is 1. The number of nitrogens with zero attached hydrogens (tertiary/aromatic N) is 2. The maximum atomic E-state index is 11.7. The molecule has 1 aromatic heterocycles. The number of anilines is 1. The third-order valence-corrected chi connectivity index (χ3v) is 2.76. The highest BCUT2D eigenvalue weighted by molar-refractivity contribution is 5.88. The van der Waals surface area contributed by atoms with E-state index in [9.17, 15) is 4.79 Å². The van der Waals surface area contributed by atoms with Crippen molar-refractivity contribution >= 4 is 22.7 Å². The van der Waals surface area contributed by atoms with E-state index in [1.165, 1.54) is 0 Å². The monoisotopic (exact) mass is 263 g/mol. The molecule has 0 aliphatic rings. The molecule has 0 unspecified atom stereocenters. The molecule has 6 nitrogen and oxygen atoms in total. The molecule has 6 heteroatoms. The molecule has 0 fully saturated rings. The zero-order valence-electron chi connectivity index (χ0n) is 11.0. The summed E-state index contributed by atoms with van der Waals surface area (Å²) in [7, 11) is 1.58. The molecule has 0 aliphatic heterocycles. The first kappa shape index (κ1) is 13.4. The standard InChI is InChI=1S/C13H17N3O3/c1-3-19-12(17)7-16-10-6-4-5-9(14)13(10)15-11(16)8-18-2/h4-6H,3,7-8,14H2,1-2H3. The van der Waals surface area contributed by atoms with Crippen molar-refractivity contribution in [1.82, 2.24) is 9.55 Å². The number of para-hydroxylation sites is 1. The summed E-state index contributed by atoms with van der Waals surface area (Å²) in [5.41, 5.74) is 7.96. The number of esters is 1. The van der Waals surface area contributed by atoms with Crippen molar-refractivity contribution in [2.24, 2.45) is 0 Å². The van der Waals surface area contributed by atoms with E-state index in [0.29, 0.717) is 30.2 Å². The minimum Gasteiger partial charge on any atom is -0.465 e. The molecule has 0 saturated carbocycles. The Kier molecular flexibility index (Phi) is 4.01. The van der Waals surface area contributed by atoms with Gasteiger partial charge in [-0.25, -0.2) is 4.98 Å². The summed E-state index contributed by atoms with van der Waals surface area (Å²) in [5, 5.41) is 0. The Labute approximate surface area is 111 Å². The zero-order chi connectivity index (χ0) is 13.8. The van der Waals surface area contributed by atoms with Gasteiger partial charge in [0.2, 0.25) is 0 Å². The van der Waals surface area contributed by atoms with Gasteiger partial charge in [0, 0.05) is 7.11 Å². The van der Waals surface area contributed by atoms with E-state index < -0.39 is 0 Å². The van der Waals surface area contributed by atoms with Crippen molar-refractivity contribution in [2.45, 2.75) is 20.1 Å². The number of fused-ring (bicyclic) bond motifs is 1. The summed E-state index contributed by atoms with van der Waals surface area (Å²) in [6.07, 6.45) is 0. The minimum absolute atomic E-state index is 0.104. The van der Waals surface area contributed by atoms with Crippen molar-refractivity contribution in [3.05, 3.63) is 24.0 Å². The highest BCUT2D eigenvalue weighted by atomic mass is 16.5. The molecule has 2 rings (SSSR count). The average Bonchev–Trinajstić information content (AvgIpc) is 2.71. The van der Waals surface area contributed by atoms with Gasteiger partial charge in [-0.05, 0) is 19.1 Å². The maximum Gasteiger partial charge on any atom is 0.326 e. The fraction of sp³-hybridized carbons (Fsp3) is 0.385. The molecule has 0 amide bonds. The summed E-state index contributed by atoms with van der Waals surface area (Å²) in [5.74, 6) is 0.352. The molecule has 0 spiro atoms. The average molecular weight is 263 g/mol. The van der Waals surface area contributed by atoms with Gasteiger partial charge in [0.1, 0.15) is 24.5 Å². The van der Waals surface area contributed by atoms with Crippen LogP contribution in [0.1, 0.15) is 12.7 Å². The molecular formula is C13H17N3O3. The first-order valence-electron chi connectivity index (χ1n) is 6.05. The highest BCUT2D eigenvalue weighted by Crippen LogP contribution is 2.22. The van der Waals surface area contributed by atoms with E-state index in [1.54, 1.807) is 24.7 Å². The summed E-state index contributed by atoms with van der Waals surface area (Å²) in [4.78, 5) is 16.1. The van der Waals surface area contributed by atoms with Crippen molar-refractivity contribution in [2.75, 3.05) is 19.5 Å². The van der Waals surface area contributed by atoms with Crippen LogP contribution in [0.25, 0.3) is 11.0 Å². The number of carbonyl (C=O) groups excluding carboxylic acids is 1. The summed E-state index contributed by atoms with van der Waals surface area (Å²) in [6, 6.07) is 5.48. The van der Waals surface area contributed by atoms with Crippen LogP contribution in [0.2, 0.25) is 0 Å². The summed E-state index contributed by atoms with van der Waals surface area (Å²) >= 11 is 0. The molecule has 102 valence electrons. The minimum atomic E-state index is -0.304. The number of ether oxygens (including phenoxy) is 2. The van der Waals surface area contributed by atoms with Gasteiger partial charge in [-0.3, -0.25) is 4.79 Å². The molecule has 0 radical (unpaired) electrons. The van der Waals surface area contributed by atoms with Crippen LogP contribution in [0.3, 0.4) is 0 Å². The van der Waals surface area contributed by atoms with E-state index in [0.717, 1.165) is 5.52 Å². The zero-order valence-corrected chi connectivity index (χ0v) is 11.0. The third kappa shape index (κ3) is 2.68. The molecule has 1 heterocycles. The van der Waals surface area contributed by atoms with E-state index in [1.807, 2.05) is 12.1 Å². The lowest BCUT2D eigenvalue weighted by Crippen LogP contribution is -2.15. The van der Waals surface area contributed by atoms with E-state index in [2.05, 4.69) is 4.98 Å². The number of nitrogens with two attached hydrogens (primary N) is 1. The van der Waals surface area contributed by atoms with E-state index in [-0.39, 0.29) is 12.5 Å². The van der Waals surface area contributed by atoms with Crippen molar-refractivity contribution < 1.29 is 14.3 Å². The Hall–Kier alpha value is -2.08. The number of nitrogen functional groups attached to an aromatic ring is 1. The Morgan fingerprint density at radius 1 is 1.47 bits per heavy atom. The molecule has 0 saturated heterocycles. The SMILES string of the molecule is CCOC(=O)Cn1c(COC)nc2c(N)cccc21. The first-order valence-corrected chi connectivity index (χ1v) is 6.05. The van der Waals surface area contributed by atoms with Gasteiger partial charge in [-0.15, -0.1) is 0 Å². The predicted molar refractivity (Wildman–Crippen MR) is 71.5 cm³/mol. The van der Waals surface area contributed by atoms with Gasteiger partial charge >= 0.3 is 5.97 Å². The van der Waals surface area contributed by atoms with Crippen molar-refractivity contribution in [3.8, 4) is 0 Å². The number of rotatable bonds is 5. The number of methoxy groups -OCH3 is 1. The van der Waals surface area contributed by atoms with Gasteiger partial charge in [0.15, 0.2) is 0 Å². The lowest BCUT2D eigenvalue weighted by molar-refractivity contribution is -0.143. The largest absolute Gasteiger partial charge is 0.465 e. The first-order chi connectivity index (χ1) is 9.17. The Morgan fingerprint density at radius 3 is 2.95 bits per heavy atom. The molecule has 2 aromatic rings. The smallest absolute Gasteiger partial charge is 0.326 e. The quantitative estimate of drug-likeness (QED) is 0.650. The van der Waals surface area contributed by atoms with Crippen LogP contribution in [-0.4, -0.2) is 29.2 Å². The van der Waals surface area contributed by atoms with Crippen molar-refractivity contribution in [1.29, 1.82) is 0 Å². The Balaban J connectivity index is 2.46. The molecule has 19 heavy (non-hydrogen) atoms. The number of aromatic nitrogens is 2. The number of hydrogen-bond donors (Lipinski definition) is 1. The number of benzene rings is 1. The topological polar surface area (TPSA) is 79.4 Å². The lowest BCUT2D eigenvalue weighted by Gasteiger charge is -2.08. The van der Waals surface area contributed by atoms with Crippen molar-refractivity contribution in [3.63, 3.8) is 0 Å². The van der Waals surface area contributed by atoms with Gasteiger partial charge in [0.25, 0.3) is 0 Å². The van der Waals surface area contributed by atoms with Crippen LogP contribution in [-0.2, 0) is 27.4 Å². The number of imidazole rings is 1. The van der Waals surface area contributed by atoms with Gasteiger partial charge in [-0.2, -0.15) is 0 Å². The maximum absolute atomic E-state index is 11.7. The van der Waals surface area contributed by atoms with Gasteiger partial charge < -0.3 is 19.8 Å². The molecule has 2 N–H and O–H groups in total. The van der Waals surface area contributed by atoms with Crippen LogP contribution in [0.15, 0.2) is 18.2 Å². The fourth-order valence-corrected chi connectivity index (χ4v) is 1.97. The number of hydrogen-bond acceptors (Lipinski definition) is 5. The normalized spacial score (nSPS) is 10.8. The highest BCUT2D eigenvalue weighted by Gasteiger charge is 2.15. The van der Waals surface area contributed by atoms with Crippen LogP contribution >= 0.6 is 0 Å². The van der Waals surface area contributed by atoms with Gasteiger partial charge in [0.05, 0.1) is 17.8 Å². The summed E-state index contributed by atoms with van der Waals surface area (Å²) < 4.78 is 11.8. The van der Waals surface area contributed by atoms with Gasteiger partial charge in [-0.1, -0.05) is 6.07 Å². The van der Waals surface area contributed by atoms with Crippen LogP contribution < -0.4 is 5.73 Å². The second-order valence-electron chi connectivity index (χ2n) is 4.07. The van der Waals surface area contributed by atoms with E-state index >= 15 is 0 Å². The van der Waals surface area contributed by atoms with Crippen LogP contribution in [0.5, 0.6) is 0 Å². The molecule has 0 aliphatic carbocycles. The van der Waals surface area contributed by atoms with E-state index in [4.69, 9.17) is 15.2 Å². The lowest BCUT2D eigenvalue weighted by atomic mass is 10.3. The predicted octanol–water partition coefficient (Wildman–Crippen LogP) is 1.33. The second kappa shape index (κ2) is 5.71. The Bertz CT molecular complexity index is 592. The molecule has 0 atom stereocenters. The molecule has 0 bridgehead atoms. The third-order valence-electron chi connectivity index (χ3n) is 2.76. The molecule has 1 aromatic carbocycles. The fourth-order valence-electron chi connectivity index (χ4n) is 1.97.